The van der Waals surface area contributed by atoms with E-state index in [-0.39, 0.29) is 34.8 Å². The van der Waals surface area contributed by atoms with E-state index in [1.54, 1.807) is 0 Å². The minimum absolute atomic E-state index is 0.273. The summed E-state index contributed by atoms with van der Waals surface area (Å²) in [5, 5.41) is 1.09. The van der Waals surface area contributed by atoms with Crippen LogP contribution in [0, 0.1) is 23.7 Å². The smallest absolute Gasteiger partial charge is 0.266 e. The van der Waals surface area contributed by atoms with Gasteiger partial charge in [-0.25, -0.2) is 14.5 Å². The van der Waals surface area contributed by atoms with E-state index in [0.717, 1.165) is 130 Å². The number of hydrogen-bond donors (Lipinski definition) is 0. The SMILES string of the molecule is O=c1c2c(-c3c(-c4ccccc4)cccc3-c3ccccc3)c3c(nc2n2c4nc5c(c(-c6c(-c7ccccc7)cccc6-c6ccccc6)c4c(=O)n12)C1CC2CC(CC5C2)C1)C1CC2CC(C1)CC3C2. The summed E-state index contributed by atoms with van der Waals surface area (Å²) in [5.74, 6) is 3.65. The minimum Gasteiger partial charge on any atom is -0.266 e. The van der Waals surface area contributed by atoms with Crippen molar-refractivity contribution in [2.75, 3.05) is 0 Å². The molecule has 4 heterocycles. The van der Waals surface area contributed by atoms with E-state index >= 15 is 9.59 Å². The Morgan fingerprint density at radius 1 is 0.319 bits per heavy atom. The fourth-order valence-electron chi connectivity index (χ4n) is 16.4. The lowest BCUT2D eigenvalue weighted by Crippen LogP contribution is -2.26. The second kappa shape index (κ2) is 15.5. The van der Waals surface area contributed by atoms with E-state index in [0.29, 0.717) is 45.7 Å². The third-order valence-electron chi connectivity index (χ3n) is 18.7. The van der Waals surface area contributed by atoms with Crippen molar-refractivity contribution in [2.24, 2.45) is 23.7 Å². The van der Waals surface area contributed by atoms with Gasteiger partial charge in [-0.3, -0.25) is 9.59 Å². The largest absolute Gasteiger partial charge is 0.284 e. The molecule has 8 aliphatic rings. The van der Waals surface area contributed by atoms with Crippen molar-refractivity contribution in [3.05, 3.63) is 201 Å². The maximum absolute atomic E-state index is 16.4. The molecule has 6 heteroatoms. The topological polar surface area (TPSA) is 68.7 Å². The molecule has 18 rings (SSSR count). The molecule has 0 radical (unpaired) electrons. The zero-order chi connectivity index (χ0) is 47.3. The fourth-order valence-corrected chi connectivity index (χ4v) is 16.4. The molecule has 0 aliphatic heterocycles. The average molecular weight is 935 g/mol. The molecule has 4 fully saturated rings. The van der Waals surface area contributed by atoms with Crippen molar-refractivity contribution < 1.29 is 0 Å². The molecule has 10 aromatic rings. The predicted molar refractivity (Wildman–Crippen MR) is 289 cm³/mol. The van der Waals surface area contributed by atoms with Gasteiger partial charge in [0, 0.05) is 23.0 Å². The summed E-state index contributed by atoms with van der Waals surface area (Å²) in [6, 6.07) is 56.0. The van der Waals surface area contributed by atoms with Crippen LogP contribution >= 0.6 is 0 Å². The Morgan fingerprint density at radius 2 is 0.625 bits per heavy atom. The Hall–Kier alpha value is -7.44. The molecular formula is C66H54N4O2. The molecule has 0 N–H and O–H groups in total. The first kappa shape index (κ1) is 41.2. The molecule has 8 aliphatic carbocycles. The number of hydrogen-bond acceptors (Lipinski definition) is 4. The van der Waals surface area contributed by atoms with Crippen LogP contribution in [-0.2, 0) is 0 Å². The summed E-state index contributed by atoms with van der Waals surface area (Å²) in [5.41, 5.74) is 18.1. The van der Waals surface area contributed by atoms with Crippen LogP contribution in [0.25, 0.3) is 88.8 Å². The predicted octanol–water partition coefficient (Wildman–Crippen LogP) is 15.1. The number of nitrogens with zero attached hydrogens (tertiary/aromatic N) is 4. The van der Waals surface area contributed by atoms with Crippen molar-refractivity contribution in [1.29, 1.82) is 0 Å². The molecule has 6 nitrogen and oxygen atoms in total. The Bertz CT molecular complexity index is 3580. The Morgan fingerprint density at radius 3 is 0.944 bits per heavy atom. The molecular weight excluding hydrogens is 881 g/mol. The van der Waals surface area contributed by atoms with E-state index < -0.39 is 0 Å². The van der Waals surface area contributed by atoms with Crippen molar-refractivity contribution >= 4 is 22.1 Å². The molecule has 4 saturated carbocycles. The maximum atomic E-state index is 16.4. The van der Waals surface area contributed by atoms with Crippen LogP contribution in [0.2, 0.25) is 0 Å². The molecule has 4 atom stereocenters. The van der Waals surface area contributed by atoms with Crippen LogP contribution in [0.5, 0.6) is 0 Å². The highest BCUT2D eigenvalue weighted by Crippen LogP contribution is 2.61. The highest BCUT2D eigenvalue weighted by Gasteiger charge is 2.48. The summed E-state index contributed by atoms with van der Waals surface area (Å²) in [6.07, 6.45) is 11.5. The van der Waals surface area contributed by atoms with Gasteiger partial charge in [-0.2, -0.15) is 4.52 Å². The average Bonchev–Trinajstić information content (AvgIpc) is 3.73. The summed E-state index contributed by atoms with van der Waals surface area (Å²) < 4.78 is 3.40. The van der Waals surface area contributed by atoms with Gasteiger partial charge in [-0.1, -0.05) is 158 Å². The van der Waals surface area contributed by atoms with Gasteiger partial charge in [0.25, 0.3) is 11.1 Å². The van der Waals surface area contributed by atoms with E-state index in [1.807, 2.05) is 4.52 Å². The number of benzene rings is 6. The first-order valence-electron chi connectivity index (χ1n) is 26.8. The van der Waals surface area contributed by atoms with Gasteiger partial charge in [-0.05, 0) is 166 Å². The van der Waals surface area contributed by atoms with Crippen molar-refractivity contribution in [3.63, 3.8) is 0 Å². The van der Waals surface area contributed by atoms with Crippen LogP contribution in [0.1, 0.15) is 110 Å². The quantitative estimate of drug-likeness (QED) is 0.167. The van der Waals surface area contributed by atoms with Gasteiger partial charge in [0.15, 0.2) is 11.3 Å². The van der Waals surface area contributed by atoms with Crippen LogP contribution in [0.4, 0.5) is 0 Å². The summed E-state index contributed by atoms with van der Waals surface area (Å²) in [6.45, 7) is 0. The van der Waals surface area contributed by atoms with Gasteiger partial charge >= 0.3 is 0 Å². The minimum atomic E-state index is -0.300. The lowest BCUT2D eigenvalue weighted by atomic mass is 9.67. The van der Waals surface area contributed by atoms with Gasteiger partial charge in [-0.15, -0.1) is 0 Å². The van der Waals surface area contributed by atoms with E-state index in [9.17, 15) is 0 Å². The van der Waals surface area contributed by atoms with Crippen LogP contribution in [-0.4, -0.2) is 19.0 Å². The van der Waals surface area contributed by atoms with Gasteiger partial charge in [0.1, 0.15) is 0 Å². The first-order chi connectivity index (χ1) is 35.5. The van der Waals surface area contributed by atoms with Crippen molar-refractivity contribution in [3.8, 4) is 66.8 Å². The molecule has 72 heavy (non-hydrogen) atoms. The molecule has 0 saturated heterocycles. The van der Waals surface area contributed by atoms with Gasteiger partial charge < -0.3 is 0 Å². The molecule has 4 aromatic heterocycles. The third kappa shape index (κ3) is 5.89. The fraction of sp³-hybridized carbons (Fsp3) is 0.273. The highest BCUT2D eigenvalue weighted by molar-refractivity contribution is 6.09. The van der Waals surface area contributed by atoms with Crippen molar-refractivity contribution in [1.82, 2.24) is 19.0 Å². The molecule has 4 unspecified atom stereocenters. The zero-order valence-electron chi connectivity index (χ0n) is 40.3. The summed E-state index contributed by atoms with van der Waals surface area (Å²) >= 11 is 0. The van der Waals surface area contributed by atoms with Gasteiger partial charge in [0.05, 0.1) is 22.2 Å². The van der Waals surface area contributed by atoms with Crippen LogP contribution < -0.4 is 11.1 Å². The molecule has 0 amide bonds. The number of pyridine rings is 2. The molecule has 0 spiro atoms. The molecule has 8 bridgehead atoms. The van der Waals surface area contributed by atoms with E-state index in [2.05, 4.69) is 158 Å². The van der Waals surface area contributed by atoms with E-state index in [1.165, 1.54) is 28.5 Å². The second-order valence-electron chi connectivity index (χ2n) is 22.7. The standard InChI is InChI=1S/C66H54N4O2/c71-65-59-57(55-49(41-15-5-1-6-16-41)23-13-24-50(55)42-17-7-2-8-18-42)53-45-29-37-27-38(30-45)34-47(33-37)61(53)67-63(59)69-64-60(66(72)70(65)69)58(54-46-31-39-28-40(32-46)36-48(35-39)62(54)68-64)56-51(43-19-9-3-10-20-43)25-14-26-52(56)44-21-11-4-12-22-44/h1-26,37-40,45-48H,27-36H2. The van der Waals surface area contributed by atoms with Crippen molar-refractivity contribution in [2.45, 2.75) is 87.9 Å². The van der Waals surface area contributed by atoms with Gasteiger partial charge in [0.2, 0.25) is 0 Å². The Balaban J connectivity index is 1.10. The summed E-state index contributed by atoms with van der Waals surface area (Å²) in [4.78, 5) is 44.6. The monoisotopic (exact) mass is 934 g/mol. The first-order valence-corrected chi connectivity index (χ1v) is 26.8. The van der Waals surface area contributed by atoms with E-state index in [4.69, 9.17) is 9.97 Å². The number of aromatic nitrogens is 4. The number of fused-ring (bicyclic) bond motifs is 5. The molecule has 6 aromatic carbocycles. The maximum Gasteiger partial charge on any atom is 0.284 e. The number of rotatable bonds is 6. The molecule has 350 valence electrons. The van der Waals surface area contributed by atoms with Crippen LogP contribution in [0.15, 0.2) is 167 Å². The lowest BCUT2D eigenvalue weighted by molar-refractivity contribution is 0.165. The summed E-state index contributed by atoms with van der Waals surface area (Å²) in [7, 11) is 0. The Labute approximate surface area is 418 Å². The van der Waals surface area contributed by atoms with Crippen LogP contribution in [0.3, 0.4) is 0 Å². The lowest BCUT2D eigenvalue weighted by Gasteiger charge is -2.38. The Kier molecular flexibility index (Phi) is 8.89. The highest BCUT2D eigenvalue weighted by atomic mass is 16.2. The normalized spacial score (nSPS) is 24.5. The second-order valence-corrected chi connectivity index (χ2v) is 22.7. The third-order valence-corrected chi connectivity index (χ3v) is 18.7. The zero-order valence-corrected chi connectivity index (χ0v) is 40.3.